The molecule has 2 amide bonds. The van der Waals surface area contributed by atoms with Crippen LogP contribution in [-0.2, 0) is 9.53 Å². The number of hydrogen-bond acceptors (Lipinski definition) is 3. The lowest BCUT2D eigenvalue weighted by molar-refractivity contribution is -0.122. The van der Waals surface area contributed by atoms with E-state index in [-0.39, 0.29) is 5.91 Å². The van der Waals surface area contributed by atoms with Crippen LogP contribution in [0.15, 0.2) is 4.99 Å². The Kier molecular flexibility index (Phi) is 5.99. The van der Waals surface area contributed by atoms with Crippen molar-refractivity contribution in [1.82, 2.24) is 9.80 Å². The Labute approximate surface area is 115 Å². The molecule has 1 atom stereocenters. The van der Waals surface area contributed by atoms with Crippen LogP contribution in [0.3, 0.4) is 0 Å². The van der Waals surface area contributed by atoms with Gasteiger partial charge in [-0.15, -0.1) is 0 Å². The lowest BCUT2D eigenvalue weighted by Gasteiger charge is -2.27. The third-order valence-corrected chi connectivity index (χ3v) is 2.54. The summed E-state index contributed by atoms with van der Waals surface area (Å²) >= 11 is 0. The monoisotopic (exact) mass is 271 g/mol. The first kappa shape index (κ1) is 17.4. The summed E-state index contributed by atoms with van der Waals surface area (Å²) in [7, 11) is 5.12. The van der Waals surface area contributed by atoms with Gasteiger partial charge in [-0.3, -0.25) is 9.69 Å². The number of nitrogens with zero attached hydrogens (tertiary/aromatic N) is 3. The fraction of sp³-hybridized carbons (Fsp3) is 0.769. The van der Waals surface area contributed by atoms with Crippen LogP contribution in [0.2, 0.25) is 0 Å². The molecule has 0 rings (SSSR count). The first-order chi connectivity index (χ1) is 8.45. The maximum absolute atomic E-state index is 11.9. The number of amidine groups is 1. The average molecular weight is 271 g/mol. The van der Waals surface area contributed by atoms with Crippen LogP contribution < -0.4 is 0 Å². The molecule has 0 bridgehead atoms. The molecule has 6 heteroatoms. The van der Waals surface area contributed by atoms with Crippen molar-refractivity contribution in [2.75, 3.05) is 21.1 Å². The third-order valence-electron chi connectivity index (χ3n) is 2.54. The third kappa shape index (κ3) is 6.22. The van der Waals surface area contributed by atoms with Crippen molar-refractivity contribution in [2.45, 2.75) is 46.3 Å². The van der Waals surface area contributed by atoms with Crippen LogP contribution in [0.5, 0.6) is 0 Å². The second-order valence-electron chi connectivity index (χ2n) is 5.66. The molecule has 0 aliphatic rings. The maximum atomic E-state index is 11.9. The predicted molar refractivity (Wildman–Crippen MR) is 75.3 cm³/mol. The zero-order valence-electron chi connectivity index (χ0n) is 13.1. The lowest BCUT2D eigenvalue weighted by Crippen LogP contribution is -2.43. The maximum Gasteiger partial charge on any atom is 0.410 e. The van der Waals surface area contributed by atoms with Crippen LogP contribution in [0.1, 0.15) is 34.6 Å². The molecule has 1 unspecified atom stereocenters. The van der Waals surface area contributed by atoms with E-state index in [2.05, 4.69) is 4.99 Å². The number of carbonyl (C=O) groups excluding carboxylic acids is 2. The summed E-state index contributed by atoms with van der Waals surface area (Å²) in [6, 6.07) is -0.662. The molecule has 0 aromatic heterocycles. The van der Waals surface area contributed by atoms with Crippen molar-refractivity contribution in [3.05, 3.63) is 0 Å². The minimum atomic E-state index is -0.662. The van der Waals surface area contributed by atoms with Crippen molar-refractivity contribution in [3.8, 4) is 0 Å². The summed E-state index contributed by atoms with van der Waals surface area (Å²) < 4.78 is 5.20. The minimum Gasteiger partial charge on any atom is -0.444 e. The number of carbonyl (C=O) groups is 2. The molecule has 0 aromatic carbocycles. The number of ether oxygens (including phenoxy) is 1. The zero-order valence-corrected chi connectivity index (χ0v) is 13.1. The van der Waals surface area contributed by atoms with E-state index in [1.807, 2.05) is 0 Å². The fourth-order valence-electron chi connectivity index (χ4n) is 1.01. The fourth-order valence-corrected chi connectivity index (χ4v) is 1.01. The molecule has 0 heterocycles. The van der Waals surface area contributed by atoms with Gasteiger partial charge in [0.1, 0.15) is 17.5 Å². The van der Waals surface area contributed by atoms with Crippen molar-refractivity contribution < 1.29 is 14.3 Å². The summed E-state index contributed by atoms with van der Waals surface area (Å²) in [5.74, 6) is 0.217. The molecule has 0 fully saturated rings. The van der Waals surface area contributed by atoms with E-state index in [4.69, 9.17) is 4.74 Å². The van der Waals surface area contributed by atoms with Gasteiger partial charge in [-0.05, 0) is 34.6 Å². The van der Waals surface area contributed by atoms with Crippen molar-refractivity contribution >= 4 is 17.8 Å². The van der Waals surface area contributed by atoms with Crippen molar-refractivity contribution in [2.24, 2.45) is 4.99 Å². The molecule has 110 valence electrons. The van der Waals surface area contributed by atoms with Crippen LogP contribution in [0.25, 0.3) is 0 Å². The highest BCUT2D eigenvalue weighted by Crippen LogP contribution is 2.11. The summed E-state index contributed by atoms with van der Waals surface area (Å²) in [4.78, 5) is 30.6. The highest BCUT2D eigenvalue weighted by molar-refractivity contribution is 5.96. The number of rotatable bonds is 2. The molecule has 0 N–H and O–H groups in total. The zero-order chi connectivity index (χ0) is 15.4. The molecule has 0 aliphatic carbocycles. The number of likely N-dealkylation sites (N-methyl/N-ethyl adjacent to an activating group) is 1. The normalized spacial score (nSPS) is 13.8. The topological polar surface area (TPSA) is 62.2 Å². The first-order valence-electron chi connectivity index (χ1n) is 6.18. The Morgan fingerprint density at radius 3 is 2.00 bits per heavy atom. The van der Waals surface area contributed by atoms with Crippen LogP contribution in [0, 0.1) is 0 Å². The van der Waals surface area contributed by atoms with Gasteiger partial charge in [0.15, 0.2) is 0 Å². The van der Waals surface area contributed by atoms with Gasteiger partial charge in [-0.2, -0.15) is 4.99 Å². The van der Waals surface area contributed by atoms with Crippen LogP contribution >= 0.6 is 0 Å². The molecule has 0 aliphatic heterocycles. The molecule has 0 saturated carbocycles. The molecule has 6 nitrogen and oxygen atoms in total. The van der Waals surface area contributed by atoms with Gasteiger partial charge >= 0.3 is 6.09 Å². The minimum absolute atomic E-state index is 0.375. The lowest BCUT2D eigenvalue weighted by atomic mass is 10.2. The second-order valence-corrected chi connectivity index (χ2v) is 5.66. The highest BCUT2D eigenvalue weighted by atomic mass is 16.6. The number of aliphatic imine (C=N–C) groups is 1. The Morgan fingerprint density at radius 1 is 1.16 bits per heavy atom. The molecule has 0 radical (unpaired) electrons. The average Bonchev–Trinajstić information content (AvgIpc) is 2.24. The summed E-state index contributed by atoms with van der Waals surface area (Å²) in [5, 5.41) is 0. The van der Waals surface area contributed by atoms with E-state index < -0.39 is 17.7 Å². The number of amides is 2. The molecular weight excluding hydrogens is 246 g/mol. The molecule has 0 aromatic rings. The van der Waals surface area contributed by atoms with Gasteiger partial charge in [0.05, 0.1) is 0 Å². The Balaban J connectivity index is 4.74. The van der Waals surface area contributed by atoms with E-state index in [1.165, 1.54) is 11.9 Å². The van der Waals surface area contributed by atoms with Gasteiger partial charge in [0, 0.05) is 21.1 Å². The second kappa shape index (κ2) is 6.54. The Hall–Kier alpha value is -1.59. The largest absolute Gasteiger partial charge is 0.444 e. The first-order valence-corrected chi connectivity index (χ1v) is 6.18. The predicted octanol–water partition coefficient (Wildman–Crippen LogP) is 1.75. The van der Waals surface area contributed by atoms with Crippen molar-refractivity contribution in [1.29, 1.82) is 0 Å². The smallest absolute Gasteiger partial charge is 0.410 e. The van der Waals surface area contributed by atoms with Crippen molar-refractivity contribution in [3.63, 3.8) is 0 Å². The van der Waals surface area contributed by atoms with E-state index in [9.17, 15) is 9.59 Å². The molecule has 0 spiro atoms. The van der Waals surface area contributed by atoms with Gasteiger partial charge in [0.2, 0.25) is 0 Å². The van der Waals surface area contributed by atoms with E-state index in [0.29, 0.717) is 5.84 Å². The van der Waals surface area contributed by atoms with E-state index in [1.54, 1.807) is 53.6 Å². The quantitative estimate of drug-likeness (QED) is 0.567. The Morgan fingerprint density at radius 2 is 1.63 bits per heavy atom. The standard InChI is InChI=1S/C13H25N3O3/c1-9(11(17)14-10(2)15(6)7)16(8)12(18)19-13(3,4)5/h9H,1-8H3. The summed E-state index contributed by atoms with van der Waals surface area (Å²) in [6.45, 7) is 8.69. The summed E-state index contributed by atoms with van der Waals surface area (Å²) in [6.07, 6.45) is -0.536. The van der Waals surface area contributed by atoms with Crippen LogP contribution in [-0.4, -0.2) is 60.4 Å². The summed E-state index contributed by atoms with van der Waals surface area (Å²) in [5.41, 5.74) is -0.586. The number of hydrogen-bond donors (Lipinski definition) is 0. The molecular formula is C13H25N3O3. The van der Waals surface area contributed by atoms with Gasteiger partial charge in [0.25, 0.3) is 5.91 Å². The Bertz CT molecular complexity index is 370. The SMILES string of the molecule is CC(=NC(=O)C(C)N(C)C(=O)OC(C)(C)C)N(C)C. The van der Waals surface area contributed by atoms with E-state index in [0.717, 1.165) is 0 Å². The molecule has 0 saturated heterocycles. The highest BCUT2D eigenvalue weighted by Gasteiger charge is 2.26. The van der Waals surface area contributed by atoms with Crippen LogP contribution in [0.4, 0.5) is 4.79 Å². The molecule has 19 heavy (non-hydrogen) atoms. The van der Waals surface area contributed by atoms with E-state index >= 15 is 0 Å². The van der Waals surface area contributed by atoms with Gasteiger partial charge < -0.3 is 9.64 Å². The van der Waals surface area contributed by atoms with Gasteiger partial charge in [-0.25, -0.2) is 4.79 Å². The van der Waals surface area contributed by atoms with Gasteiger partial charge in [-0.1, -0.05) is 0 Å².